The first-order chi connectivity index (χ1) is 7.62. The lowest BCUT2D eigenvalue weighted by Gasteiger charge is -2.44. The van der Waals surface area contributed by atoms with Crippen molar-refractivity contribution in [3.8, 4) is 0 Å². The Balaban J connectivity index is 1.99. The van der Waals surface area contributed by atoms with Gasteiger partial charge in [-0.15, -0.1) is 0 Å². The molecule has 16 heavy (non-hydrogen) atoms. The molecule has 0 aromatic heterocycles. The van der Waals surface area contributed by atoms with Gasteiger partial charge < -0.3 is 9.84 Å². The van der Waals surface area contributed by atoms with Crippen molar-refractivity contribution in [2.45, 2.75) is 58.0 Å². The fourth-order valence-electron chi connectivity index (χ4n) is 3.43. The van der Waals surface area contributed by atoms with E-state index in [0.29, 0.717) is 17.8 Å². The lowest BCUT2D eigenvalue weighted by Crippen LogP contribution is -2.46. The van der Waals surface area contributed by atoms with Crippen LogP contribution < -0.4 is 0 Å². The normalized spacial score (nSPS) is 41.2. The van der Waals surface area contributed by atoms with E-state index in [-0.39, 0.29) is 0 Å². The molecule has 0 aromatic rings. The quantitative estimate of drug-likeness (QED) is 0.784. The zero-order valence-corrected chi connectivity index (χ0v) is 10.7. The monoisotopic (exact) mass is 226 g/mol. The van der Waals surface area contributed by atoms with E-state index in [1.807, 2.05) is 0 Å². The van der Waals surface area contributed by atoms with Gasteiger partial charge in [0, 0.05) is 12.5 Å². The summed E-state index contributed by atoms with van der Waals surface area (Å²) in [7, 11) is 0. The Morgan fingerprint density at radius 3 is 2.69 bits per heavy atom. The van der Waals surface area contributed by atoms with Gasteiger partial charge in [0.2, 0.25) is 0 Å². The van der Waals surface area contributed by atoms with Gasteiger partial charge in [0.05, 0.1) is 12.2 Å². The van der Waals surface area contributed by atoms with Crippen LogP contribution >= 0.6 is 0 Å². The van der Waals surface area contributed by atoms with E-state index in [1.54, 1.807) is 0 Å². The third-order valence-electron chi connectivity index (χ3n) is 4.66. The average Bonchev–Trinajstić information content (AvgIpc) is 2.30. The molecule has 1 N–H and O–H groups in total. The van der Waals surface area contributed by atoms with Gasteiger partial charge >= 0.3 is 0 Å². The number of hydrogen-bond acceptors (Lipinski definition) is 2. The highest BCUT2D eigenvalue weighted by atomic mass is 16.5. The van der Waals surface area contributed by atoms with Crippen molar-refractivity contribution in [1.82, 2.24) is 0 Å². The lowest BCUT2D eigenvalue weighted by molar-refractivity contribution is -0.112. The molecule has 1 aliphatic carbocycles. The smallest absolute Gasteiger partial charge is 0.0700 e. The standard InChI is InChI=1S/C14H26O2/c1-11(2)12-5-3-7-14(15,9-12)13-6-4-8-16-10-13/h11-13,15H,3-10H2,1-2H3. The summed E-state index contributed by atoms with van der Waals surface area (Å²) in [5.74, 6) is 1.81. The largest absolute Gasteiger partial charge is 0.390 e. The van der Waals surface area contributed by atoms with E-state index in [0.717, 1.165) is 38.9 Å². The van der Waals surface area contributed by atoms with E-state index in [1.165, 1.54) is 12.8 Å². The summed E-state index contributed by atoms with van der Waals surface area (Å²) in [6.07, 6.45) is 6.76. The van der Waals surface area contributed by atoms with Gasteiger partial charge in [0.15, 0.2) is 0 Å². The maximum Gasteiger partial charge on any atom is 0.0700 e. The molecule has 2 aliphatic rings. The van der Waals surface area contributed by atoms with Gasteiger partial charge in [-0.25, -0.2) is 0 Å². The number of rotatable bonds is 2. The highest BCUT2D eigenvalue weighted by Gasteiger charge is 2.42. The topological polar surface area (TPSA) is 29.5 Å². The van der Waals surface area contributed by atoms with Crippen LogP contribution in [0.2, 0.25) is 0 Å². The summed E-state index contributed by atoms with van der Waals surface area (Å²) >= 11 is 0. The highest BCUT2D eigenvalue weighted by molar-refractivity contribution is 4.93. The molecular formula is C14H26O2. The van der Waals surface area contributed by atoms with Crippen LogP contribution in [-0.4, -0.2) is 23.9 Å². The zero-order valence-electron chi connectivity index (χ0n) is 10.7. The van der Waals surface area contributed by atoms with Gasteiger partial charge in [0.25, 0.3) is 0 Å². The predicted octanol–water partition coefficient (Wildman–Crippen LogP) is 2.99. The molecule has 2 nitrogen and oxygen atoms in total. The molecule has 1 saturated carbocycles. The van der Waals surface area contributed by atoms with Crippen molar-refractivity contribution in [3.63, 3.8) is 0 Å². The second-order valence-corrected chi connectivity index (χ2v) is 6.12. The third-order valence-corrected chi connectivity index (χ3v) is 4.66. The maximum absolute atomic E-state index is 10.8. The second kappa shape index (κ2) is 5.05. The lowest BCUT2D eigenvalue weighted by atomic mass is 9.67. The minimum Gasteiger partial charge on any atom is -0.390 e. The molecule has 0 bridgehead atoms. The average molecular weight is 226 g/mol. The number of aliphatic hydroxyl groups is 1. The van der Waals surface area contributed by atoms with Gasteiger partial charge in [-0.2, -0.15) is 0 Å². The van der Waals surface area contributed by atoms with Crippen LogP contribution in [0.4, 0.5) is 0 Å². The van der Waals surface area contributed by atoms with Crippen LogP contribution in [0.25, 0.3) is 0 Å². The SMILES string of the molecule is CC(C)C1CCCC(O)(C2CCCOC2)C1. The minimum absolute atomic E-state index is 0.391. The molecule has 0 spiro atoms. The Morgan fingerprint density at radius 1 is 1.25 bits per heavy atom. The first-order valence-electron chi connectivity index (χ1n) is 6.92. The Labute approximate surface area is 99.4 Å². The molecule has 3 atom stereocenters. The van der Waals surface area contributed by atoms with Crippen molar-refractivity contribution in [3.05, 3.63) is 0 Å². The molecule has 3 unspecified atom stereocenters. The first-order valence-corrected chi connectivity index (χ1v) is 6.92. The van der Waals surface area contributed by atoms with Crippen molar-refractivity contribution in [1.29, 1.82) is 0 Å². The summed E-state index contributed by atoms with van der Waals surface area (Å²) in [4.78, 5) is 0. The van der Waals surface area contributed by atoms with E-state index in [9.17, 15) is 5.11 Å². The minimum atomic E-state index is -0.423. The predicted molar refractivity (Wildman–Crippen MR) is 65.3 cm³/mol. The molecule has 94 valence electrons. The Hall–Kier alpha value is -0.0800. The molecule has 2 rings (SSSR count). The summed E-state index contributed by atoms with van der Waals surface area (Å²) in [5.41, 5.74) is -0.423. The maximum atomic E-state index is 10.8. The molecular weight excluding hydrogens is 200 g/mol. The Morgan fingerprint density at radius 2 is 2.06 bits per heavy atom. The van der Waals surface area contributed by atoms with Gasteiger partial charge in [0.1, 0.15) is 0 Å². The van der Waals surface area contributed by atoms with Crippen LogP contribution in [0.15, 0.2) is 0 Å². The fraction of sp³-hybridized carbons (Fsp3) is 1.00. The van der Waals surface area contributed by atoms with Crippen LogP contribution in [0, 0.1) is 17.8 Å². The van der Waals surface area contributed by atoms with E-state index >= 15 is 0 Å². The third kappa shape index (κ3) is 2.60. The molecule has 0 amide bonds. The van der Waals surface area contributed by atoms with E-state index in [2.05, 4.69) is 13.8 Å². The molecule has 2 fully saturated rings. The molecule has 0 radical (unpaired) electrons. The van der Waals surface area contributed by atoms with Crippen molar-refractivity contribution in [2.75, 3.05) is 13.2 Å². The zero-order chi connectivity index (χ0) is 11.6. The van der Waals surface area contributed by atoms with Crippen LogP contribution in [0.3, 0.4) is 0 Å². The number of hydrogen-bond donors (Lipinski definition) is 1. The summed E-state index contributed by atoms with van der Waals surface area (Å²) in [6, 6.07) is 0. The van der Waals surface area contributed by atoms with Crippen LogP contribution in [0.1, 0.15) is 52.4 Å². The van der Waals surface area contributed by atoms with Crippen LogP contribution in [-0.2, 0) is 4.74 Å². The van der Waals surface area contributed by atoms with Gasteiger partial charge in [-0.1, -0.05) is 20.3 Å². The summed E-state index contributed by atoms with van der Waals surface area (Å²) < 4.78 is 5.54. The Bertz CT molecular complexity index is 221. The van der Waals surface area contributed by atoms with Gasteiger partial charge in [-0.05, 0) is 43.9 Å². The van der Waals surface area contributed by atoms with Crippen molar-refractivity contribution < 1.29 is 9.84 Å². The highest BCUT2D eigenvalue weighted by Crippen LogP contribution is 2.42. The Kier molecular flexibility index (Phi) is 3.91. The summed E-state index contributed by atoms with van der Waals surface area (Å²) in [6.45, 7) is 6.24. The second-order valence-electron chi connectivity index (χ2n) is 6.12. The van der Waals surface area contributed by atoms with Crippen molar-refractivity contribution in [2.24, 2.45) is 17.8 Å². The number of ether oxygens (including phenoxy) is 1. The van der Waals surface area contributed by atoms with Crippen LogP contribution in [0.5, 0.6) is 0 Å². The summed E-state index contributed by atoms with van der Waals surface area (Å²) in [5, 5.41) is 10.8. The molecule has 1 aliphatic heterocycles. The molecule has 1 heterocycles. The first kappa shape index (κ1) is 12.4. The van der Waals surface area contributed by atoms with E-state index in [4.69, 9.17) is 4.74 Å². The molecule has 0 aromatic carbocycles. The fourth-order valence-corrected chi connectivity index (χ4v) is 3.43. The van der Waals surface area contributed by atoms with Crippen molar-refractivity contribution >= 4 is 0 Å². The van der Waals surface area contributed by atoms with Gasteiger partial charge in [-0.3, -0.25) is 0 Å². The molecule has 2 heteroatoms. The molecule has 1 saturated heterocycles. The van der Waals surface area contributed by atoms with E-state index < -0.39 is 5.60 Å².